The van der Waals surface area contributed by atoms with Gasteiger partial charge in [0.15, 0.2) is 5.16 Å². The summed E-state index contributed by atoms with van der Waals surface area (Å²) in [6.45, 7) is 10.0. The second-order valence-corrected chi connectivity index (χ2v) is 8.84. The molecule has 1 aromatic heterocycles. The van der Waals surface area contributed by atoms with Crippen LogP contribution in [-0.4, -0.2) is 60.7 Å². The zero-order valence-corrected chi connectivity index (χ0v) is 19.2. The van der Waals surface area contributed by atoms with Gasteiger partial charge in [-0.05, 0) is 30.0 Å². The first-order valence-corrected chi connectivity index (χ1v) is 11.7. The number of carbonyl (C=O) groups is 1. The van der Waals surface area contributed by atoms with Crippen molar-refractivity contribution in [1.29, 1.82) is 0 Å². The maximum Gasteiger partial charge on any atom is 0.254 e. The minimum Gasteiger partial charge on any atom is -0.378 e. The molecule has 30 heavy (non-hydrogen) atoms. The fourth-order valence-corrected chi connectivity index (χ4v) is 4.09. The first-order valence-electron chi connectivity index (χ1n) is 10.7. The van der Waals surface area contributed by atoms with Crippen molar-refractivity contribution in [3.8, 4) is 0 Å². The number of nitrogens with zero attached hydrogens (tertiary/aromatic N) is 4. The van der Waals surface area contributed by atoms with E-state index in [-0.39, 0.29) is 5.91 Å². The summed E-state index contributed by atoms with van der Waals surface area (Å²) in [5.74, 6) is 2.18. The van der Waals surface area contributed by atoms with Crippen LogP contribution in [-0.2, 0) is 10.5 Å². The van der Waals surface area contributed by atoms with Crippen molar-refractivity contribution in [3.63, 3.8) is 0 Å². The Balaban J connectivity index is 1.66. The number of carbonyl (C=O) groups excluding carboxylic acids is 1. The molecule has 162 valence electrons. The number of hydrogen-bond acceptors (Lipinski definition) is 6. The number of morpholine rings is 1. The number of thioether (sulfide) groups is 1. The molecule has 1 amide bonds. The molecule has 7 heteroatoms. The zero-order chi connectivity index (χ0) is 21.5. The van der Waals surface area contributed by atoms with Gasteiger partial charge in [0, 0.05) is 49.8 Å². The molecule has 1 aromatic carbocycles. The molecule has 0 spiro atoms. The van der Waals surface area contributed by atoms with E-state index >= 15 is 0 Å². The van der Waals surface area contributed by atoms with Gasteiger partial charge in [0.2, 0.25) is 0 Å². The topological polar surface area (TPSA) is 58.6 Å². The highest BCUT2D eigenvalue weighted by molar-refractivity contribution is 7.98. The SMILES string of the molecule is CCCN(C)c1cc(C(C)C)nc(SCc2ccc(C(=O)N3CCOCC3)cc2)n1. The fraction of sp³-hybridized carbons (Fsp3) is 0.522. The Labute approximate surface area is 184 Å². The third-order valence-corrected chi connectivity index (χ3v) is 6.04. The number of aromatic nitrogens is 2. The third kappa shape index (κ3) is 5.95. The van der Waals surface area contributed by atoms with Crippen LogP contribution < -0.4 is 4.90 Å². The Morgan fingerprint density at radius 1 is 1.20 bits per heavy atom. The molecule has 1 saturated heterocycles. The van der Waals surface area contributed by atoms with Crippen molar-refractivity contribution < 1.29 is 9.53 Å². The van der Waals surface area contributed by atoms with Gasteiger partial charge in [-0.2, -0.15) is 0 Å². The van der Waals surface area contributed by atoms with Gasteiger partial charge in [-0.25, -0.2) is 9.97 Å². The van der Waals surface area contributed by atoms with Crippen LogP contribution in [0.2, 0.25) is 0 Å². The lowest BCUT2D eigenvalue weighted by Gasteiger charge is -2.26. The highest BCUT2D eigenvalue weighted by atomic mass is 32.2. The minimum atomic E-state index is 0.0778. The smallest absolute Gasteiger partial charge is 0.254 e. The van der Waals surface area contributed by atoms with Crippen LogP contribution in [0.5, 0.6) is 0 Å². The molecule has 0 unspecified atom stereocenters. The molecule has 0 saturated carbocycles. The lowest BCUT2D eigenvalue weighted by atomic mass is 10.1. The molecule has 3 rings (SSSR count). The van der Waals surface area contributed by atoms with Gasteiger partial charge in [-0.15, -0.1) is 0 Å². The first kappa shape index (κ1) is 22.6. The van der Waals surface area contributed by atoms with Crippen molar-refractivity contribution >= 4 is 23.5 Å². The standard InChI is InChI=1S/C23H32N4O2S/c1-5-10-26(4)21-15-20(17(2)3)24-23(25-21)30-16-18-6-8-19(9-7-18)22(28)27-11-13-29-14-12-27/h6-9,15,17H,5,10-14,16H2,1-4H3. The van der Waals surface area contributed by atoms with Gasteiger partial charge in [0.05, 0.1) is 13.2 Å². The van der Waals surface area contributed by atoms with Crippen molar-refractivity contribution in [3.05, 3.63) is 47.2 Å². The largest absolute Gasteiger partial charge is 0.378 e. The Morgan fingerprint density at radius 2 is 1.90 bits per heavy atom. The molecule has 0 aliphatic carbocycles. The van der Waals surface area contributed by atoms with Crippen LogP contribution in [0.3, 0.4) is 0 Å². The molecule has 6 nitrogen and oxygen atoms in total. The number of hydrogen-bond donors (Lipinski definition) is 0. The molecule has 2 heterocycles. The third-order valence-electron chi connectivity index (χ3n) is 5.12. The molecule has 0 N–H and O–H groups in total. The number of rotatable bonds is 8. The van der Waals surface area contributed by atoms with E-state index in [2.05, 4.69) is 38.8 Å². The van der Waals surface area contributed by atoms with E-state index in [0.29, 0.717) is 32.2 Å². The summed E-state index contributed by atoms with van der Waals surface area (Å²) >= 11 is 1.64. The number of anilines is 1. The maximum absolute atomic E-state index is 12.6. The Morgan fingerprint density at radius 3 is 2.53 bits per heavy atom. The summed E-state index contributed by atoms with van der Waals surface area (Å²) in [6.07, 6.45) is 1.08. The number of amides is 1. The summed E-state index contributed by atoms with van der Waals surface area (Å²) in [7, 11) is 2.08. The van der Waals surface area contributed by atoms with Gasteiger partial charge in [-0.3, -0.25) is 4.79 Å². The van der Waals surface area contributed by atoms with Crippen LogP contribution in [0.4, 0.5) is 5.82 Å². The molecular formula is C23H32N4O2S. The van der Waals surface area contributed by atoms with E-state index in [0.717, 1.165) is 46.5 Å². The molecule has 1 aliphatic heterocycles. The predicted octanol–water partition coefficient (Wildman–Crippen LogP) is 4.21. The summed E-state index contributed by atoms with van der Waals surface area (Å²) < 4.78 is 5.33. The molecule has 0 atom stereocenters. The molecule has 0 radical (unpaired) electrons. The van der Waals surface area contributed by atoms with E-state index in [1.54, 1.807) is 11.8 Å². The van der Waals surface area contributed by atoms with Gasteiger partial charge in [0.25, 0.3) is 5.91 Å². The molecule has 2 aromatic rings. The van der Waals surface area contributed by atoms with Crippen LogP contribution >= 0.6 is 11.8 Å². The van der Waals surface area contributed by atoms with E-state index in [1.165, 1.54) is 0 Å². The zero-order valence-electron chi connectivity index (χ0n) is 18.4. The summed E-state index contributed by atoms with van der Waals surface area (Å²) in [6, 6.07) is 9.98. The van der Waals surface area contributed by atoms with Gasteiger partial charge in [-0.1, -0.05) is 44.7 Å². The Hall–Kier alpha value is -2.12. The van der Waals surface area contributed by atoms with Gasteiger partial charge in [0.1, 0.15) is 5.82 Å². The fourth-order valence-electron chi connectivity index (χ4n) is 3.28. The van der Waals surface area contributed by atoms with Gasteiger partial charge >= 0.3 is 0 Å². The average molecular weight is 429 g/mol. The Bertz CT molecular complexity index is 836. The summed E-state index contributed by atoms with van der Waals surface area (Å²) in [5, 5.41) is 0.799. The maximum atomic E-state index is 12.6. The van der Waals surface area contributed by atoms with Crippen LogP contribution in [0.25, 0.3) is 0 Å². The highest BCUT2D eigenvalue weighted by Gasteiger charge is 2.18. The quantitative estimate of drug-likeness (QED) is 0.464. The van der Waals surface area contributed by atoms with Crippen molar-refractivity contribution in [1.82, 2.24) is 14.9 Å². The summed E-state index contributed by atoms with van der Waals surface area (Å²) in [5.41, 5.74) is 2.95. The average Bonchev–Trinajstić information content (AvgIpc) is 2.78. The van der Waals surface area contributed by atoms with E-state index in [4.69, 9.17) is 14.7 Å². The molecule has 1 fully saturated rings. The van der Waals surface area contributed by atoms with E-state index in [1.807, 2.05) is 29.2 Å². The first-order chi connectivity index (χ1) is 14.5. The lowest BCUT2D eigenvalue weighted by molar-refractivity contribution is 0.0303. The molecular weight excluding hydrogens is 396 g/mol. The minimum absolute atomic E-state index is 0.0778. The van der Waals surface area contributed by atoms with Crippen LogP contribution in [0.15, 0.2) is 35.5 Å². The summed E-state index contributed by atoms with van der Waals surface area (Å²) in [4.78, 5) is 26.1. The van der Waals surface area contributed by atoms with Gasteiger partial charge < -0.3 is 14.5 Å². The van der Waals surface area contributed by atoms with Crippen molar-refractivity contribution in [2.24, 2.45) is 0 Å². The second-order valence-electron chi connectivity index (χ2n) is 7.90. The monoisotopic (exact) mass is 428 g/mol. The Kier molecular flexibility index (Phi) is 8.10. The predicted molar refractivity (Wildman–Crippen MR) is 122 cm³/mol. The van der Waals surface area contributed by atoms with E-state index in [9.17, 15) is 4.79 Å². The van der Waals surface area contributed by atoms with Crippen molar-refractivity contribution in [2.75, 3.05) is 44.8 Å². The number of benzene rings is 1. The second kappa shape index (κ2) is 10.8. The van der Waals surface area contributed by atoms with E-state index < -0.39 is 0 Å². The van der Waals surface area contributed by atoms with Crippen LogP contribution in [0, 0.1) is 0 Å². The molecule has 1 aliphatic rings. The lowest BCUT2D eigenvalue weighted by Crippen LogP contribution is -2.40. The highest BCUT2D eigenvalue weighted by Crippen LogP contribution is 2.25. The number of ether oxygens (including phenoxy) is 1. The normalized spacial score (nSPS) is 14.2. The molecule has 0 bridgehead atoms. The van der Waals surface area contributed by atoms with Crippen LogP contribution in [0.1, 0.15) is 54.7 Å². The van der Waals surface area contributed by atoms with Crippen molar-refractivity contribution in [2.45, 2.75) is 44.0 Å².